The minimum absolute atomic E-state index is 0.00956. The van der Waals surface area contributed by atoms with Crippen LogP contribution in [0.15, 0.2) is 0 Å². The molecule has 1 aliphatic heterocycles. The Morgan fingerprint density at radius 2 is 1.70 bits per heavy atom. The van der Waals surface area contributed by atoms with Gasteiger partial charge in [-0.3, -0.25) is 0 Å². The zero-order valence-electron chi connectivity index (χ0n) is 27.0. The molecular formula is C33H60O10. The highest BCUT2D eigenvalue weighted by molar-refractivity contribution is 5.14. The number of hydrogen-bond donors (Lipinski definition) is 7. The highest BCUT2D eigenvalue weighted by atomic mass is 16.7. The summed E-state index contributed by atoms with van der Waals surface area (Å²) in [6, 6.07) is 0. The van der Waals surface area contributed by atoms with Crippen LogP contribution in [0.25, 0.3) is 0 Å². The Bertz CT molecular complexity index is 892. The van der Waals surface area contributed by atoms with E-state index < -0.39 is 47.8 Å². The van der Waals surface area contributed by atoms with E-state index in [4.69, 9.17) is 14.2 Å². The van der Waals surface area contributed by atoms with E-state index in [2.05, 4.69) is 20.8 Å². The van der Waals surface area contributed by atoms with Gasteiger partial charge in [-0.1, -0.05) is 40.5 Å². The van der Waals surface area contributed by atoms with Gasteiger partial charge in [0.25, 0.3) is 0 Å². The Morgan fingerprint density at radius 3 is 2.35 bits per heavy atom. The first-order valence-electron chi connectivity index (χ1n) is 16.7. The molecule has 0 aromatic heterocycles. The summed E-state index contributed by atoms with van der Waals surface area (Å²) < 4.78 is 17.4. The molecule has 0 spiro atoms. The number of hydrogen-bond acceptors (Lipinski definition) is 10. The minimum Gasteiger partial charge on any atom is -0.396 e. The maximum atomic E-state index is 12.4. The average molecular weight is 617 g/mol. The van der Waals surface area contributed by atoms with Crippen molar-refractivity contribution in [3.8, 4) is 0 Å². The number of rotatable bonds is 12. The minimum atomic E-state index is -1.11. The lowest BCUT2D eigenvalue weighted by Crippen LogP contribution is -2.65. The Labute approximate surface area is 257 Å². The van der Waals surface area contributed by atoms with Crippen LogP contribution in [0.4, 0.5) is 0 Å². The van der Waals surface area contributed by atoms with Crippen molar-refractivity contribution < 1.29 is 50.0 Å². The normalized spacial score (nSPS) is 46.3. The lowest BCUT2D eigenvalue weighted by atomic mass is 9.43. The van der Waals surface area contributed by atoms with Crippen LogP contribution in [0.1, 0.15) is 91.9 Å². The summed E-state index contributed by atoms with van der Waals surface area (Å²) in [5.74, 6) is 0.0723. The third-order valence-corrected chi connectivity index (χ3v) is 12.3. The Hall–Kier alpha value is -0.400. The molecule has 7 N–H and O–H groups in total. The number of methoxy groups -OCH3 is 1. The Kier molecular flexibility index (Phi) is 11.7. The van der Waals surface area contributed by atoms with Crippen molar-refractivity contribution in [3.63, 3.8) is 0 Å². The fourth-order valence-electron chi connectivity index (χ4n) is 10.1. The summed E-state index contributed by atoms with van der Waals surface area (Å²) in [4.78, 5) is 0. The van der Waals surface area contributed by atoms with Crippen molar-refractivity contribution in [2.24, 2.45) is 40.4 Å². The van der Waals surface area contributed by atoms with Crippen LogP contribution in [-0.4, -0.2) is 111 Å². The van der Waals surface area contributed by atoms with Gasteiger partial charge in [0, 0.05) is 20.1 Å². The molecule has 10 heteroatoms. The van der Waals surface area contributed by atoms with Crippen molar-refractivity contribution in [1.29, 1.82) is 0 Å². The van der Waals surface area contributed by atoms with Gasteiger partial charge in [-0.15, -0.1) is 0 Å². The Morgan fingerprint density at radius 1 is 0.977 bits per heavy atom. The van der Waals surface area contributed by atoms with E-state index in [0.717, 1.165) is 38.5 Å². The second-order valence-electron chi connectivity index (χ2n) is 15.4. The molecule has 15 unspecified atom stereocenters. The first kappa shape index (κ1) is 35.5. The summed E-state index contributed by atoms with van der Waals surface area (Å²) >= 11 is 0. The van der Waals surface area contributed by atoms with Gasteiger partial charge in [0.1, 0.15) is 18.3 Å². The topological polar surface area (TPSA) is 169 Å². The van der Waals surface area contributed by atoms with Crippen LogP contribution in [-0.2, 0) is 14.2 Å². The highest BCUT2D eigenvalue weighted by Crippen LogP contribution is 2.65. The first-order chi connectivity index (χ1) is 20.2. The van der Waals surface area contributed by atoms with Crippen molar-refractivity contribution in [2.45, 2.75) is 140 Å². The number of ether oxygens (including phenoxy) is 3. The zero-order chi connectivity index (χ0) is 31.7. The van der Waals surface area contributed by atoms with Crippen LogP contribution in [0.2, 0.25) is 0 Å². The molecule has 4 aliphatic rings. The van der Waals surface area contributed by atoms with Crippen molar-refractivity contribution in [2.75, 3.05) is 26.9 Å². The molecule has 0 amide bonds. The SMILES string of the molecule is COC1C(OC2CCC3(C)C(C2)C(O)CC2(O)CC(C)(C(C(C)CCCC(C)CO)C(O)CO)CCC23)OCC(O)C1O. The standard InChI is InChI=1S/C33H60O10/c1-19(15-34)7-6-8-20(2)27(24(37)16-35)31(3)11-10-26-32(4)12-9-21(13-22(32)23(36)14-33(26,40)18-31)43-30-29(41-5)28(39)25(38)17-42-30/h19-30,34-40H,6-18H2,1-5H3. The van der Waals surface area contributed by atoms with E-state index in [1.54, 1.807) is 0 Å². The number of aliphatic hydroxyl groups is 7. The third kappa shape index (κ3) is 7.14. The molecule has 0 aromatic carbocycles. The molecule has 10 nitrogen and oxygen atoms in total. The van der Waals surface area contributed by atoms with E-state index in [1.165, 1.54) is 7.11 Å². The molecule has 0 bridgehead atoms. The molecular weight excluding hydrogens is 556 g/mol. The van der Waals surface area contributed by atoms with E-state index in [9.17, 15) is 35.7 Å². The maximum Gasteiger partial charge on any atom is 0.186 e. The van der Waals surface area contributed by atoms with Gasteiger partial charge < -0.3 is 50.0 Å². The summed E-state index contributed by atoms with van der Waals surface area (Å²) in [6.45, 7) is 8.30. The molecule has 1 saturated heterocycles. The van der Waals surface area contributed by atoms with Crippen LogP contribution in [0.5, 0.6) is 0 Å². The van der Waals surface area contributed by atoms with Crippen LogP contribution in [0.3, 0.4) is 0 Å². The van der Waals surface area contributed by atoms with Crippen LogP contribution >= 0.6 is 0 Å². The van der Waals surface area contributed by atoms with E-state index >= 15 is 0 Å². The molecule has 15 atom stereocenters. The lowest BCUT2D eigenvalue weighted by molar-refractivity contribution is -0.300. The smallest absolute Gasteiger partial charge is 0.186 e. The van der Waals surface area contributed by atoms with Gasteiger partial charge in [0.2, 0.25) is 0 Å². The highest BCUT2D eigenvalue weighted by Gasteiger charge is 2.64. The second-order valence-corrected chi connectivity index (χ2v) is 15.4. The van der Waals surface area contributed by atoms with Crippen LogP contribution < -0.4 is 0 Å². The summed E-state index contributed by atoms with van der Waals surface area (Å²) in [5, 5.41) is 74.8. The van der Waals surface area contributed by atoms with Crippen molar-refractivity contribution in [1.82, 2.24) is 0 Å². The van der Waals surface area contributed by atoms with E-state index in [0.29, 0.717) is 19.3 Å². The Balaban J connectivity index is 1.47. The predicted molar refractivity (Wildman–Crippen MR) is 160 cm³/mol. The molecule has 0 radical (unpaired) electrons. The maximum absolute atomic E-state index is 12.4. The van der Waals surface area contributed by atoms with Gasteiger partial charge in [-0.05, 0) is 85.4 Å². The lowest BCUT2D eigenvalue weighted by Gasteiger charge is -2.64. The van der Waals surface area contributed by atoms with Gasteiger partial charge >= 0.3 is 0 Å². The molecule has 3 aliphatic carbocycles. The van der Waals surface area contributed by atoms with E-state index in [-0.39, 0.29) is 67.3 Å². The average Bonchev–Trinajstić information content (AvgIpc) is 2.95. The predicted octanol–water partition coefficient (Wildman–Crippen LogP) is 1.98. The molecule has 3 saturated carbocycles. The second kappa shape index (κ2) is 14.2. The van der Waals surface area contributed by atoms with Crippen molar-refractivity contribution >= 4 is 0 Å². The third-order valence-electron chi connectivity index (χ3n) is 12.3. The largest absolute Gasteiger partial charge is 0.396 e. The monoisotopic (exact) mass is 616 g/mol. The van der Waals surface area contributed by atoms with Crippen LogP contribution in [0, 0.1) is 40.4 Å². The molecule has 43 heavy (non-hydrogen) atoms. The summed E-state index contributed by atoms with van der Waals surface area (Å²) in [6.07, 6.45) is 1.53. The fraction of sp³-hybridized carbons (Fsp3) is 1.00. The summed E-state index contributed by atoms with van der Waals surface area (Å²) in [7, 11) is 1.45. The molecule has 4 fully saturated rings. The van der Waals surface area contributed by atoms with E-state index in [1.807, 2.05) is 6.92 Å². The molecule has 0 aromatic rings. The van der Waals surface area contributed by atoms with Gasteiger partial charge in [0.15, 0.2) is 6.29 Å². The van der Waals surface area contributed by atoms with Gasteiger partial charge in [-0.2, -0.15) is 0 Å². The number of fused-ring (bicyclic) bond motifs is 3. The van der Waals surface area contributed by atoms with Crippen molar-refractivity contribution in [3.05, 3.63) is 0 Å². The number of aliphatic hydroxyl groups excluding tert-OH is 6. The van der Waals surface area contributed by atoms with Gasteiger partial charge in [-0.25, -0.2) is 0 Å². The zero-order valence-corrected chi connectivity index (χ0v) is 27.0. The molecule has 252 valence electrons. The summed E-state index contributed by atoms with van der Waals surface area (Å²) in [5.41, 5.74) is -1.79. The fourth-order valence-corrected chi connectivity index (χ4v) is 10.1. The molecule has 1 heterocycles. The molecule has 4 rings (SSSR count). The van der Waals surface area contributed by atoms with Gasteiger partial charge in [0.05, 0.1) is 37.1 Å². The quantitative estimate of drug-likeness (QED) is 0.161. The first-order valence-corrected chi connectivity index (χ1v) is 16.7.